The molecule has 0 aliphatic rings. The van der Waals surface area contributed by atoms with Crippen molar-refractivity contribution >= 4 is 12.0 Å². The molecule has 0 heterocycles. The van der Waals surface area contributed by atoms with Crippen LogP contribution in [-0.4, -0.2) is 42.2 Å². The summed E-state index contributed by atoms with van der Waals surface area (Å²) in [7, 11) is 1.59. The first kappa shape index (κ1) is 21.3. The van der Waals surface area contributed by atoms with Gasteiger partial charge in [-0.05, 0) is 49.6 Å². The van der Waals surface area contributed by atoms with Crippen molar-refractivity contribution in [1.82, 2.24) is 10.2 Å². The number of aryl methyl sites for hydroxylation is 1. The molecular weight excluding hydrogens is 356 g/mol. The second-order valence-corrected chi connectivity index (χ2v) is 6.62. The van der Waals surface area contributed by atoms with Crippen molar-refractivity contribution in [3.8, 4) is 16.9 Å². The Labute approximate surface area is 166 Å². The number of amides is 2. The number of benzene rings is 2. The zero-order valence-electron chi connectivity index (χ0n) is 16.9. The lowest BCUT2D eigenvalue weighted by atomic mass is 9.94. The number of hydrogen-bond acceptors (Lipinski definition) is 3. The fourth-order valence-corrected chi connectivity index (χ4v) is 3.16. The van der Waals surface area contributed by atoms with Crippen LogP contribution >= 0.6 is 0 Å². The summed E-state index contributed by atoms with van der Waals surface area (Å²) in [6.07, 6.45) is -0.0574. The van der Waals surface area contributed by atoms with Gasteiger partial charge in [-0.3, -0.25) is 4.79 Å². The van der Waals surface area contributed by atoms with Crippen LogP contribution in [0.4, 0.5) is 4.79 Å². The summed E-state index contributed by atoms with van der Waals surface area (Å²) in [5.41, 5.74) is 4.52. The lowest BCUT2D eigenvalue weighted by Gasteiger charge is -2.23. The van der Waals surface area contributed by atoms with Crippen molar-refractivity contribution in [2.75, 3.05) is 20.2 Å². The maximum absolute atomic E-state index is 12.3. The number of carbonyl (C=O) groups is 2. The van der Waals surface area contributed by atoms with Crippen LogP contribution in [0.3, 0.4) is 0 Å². The molecule has 0 unspecified atom stereocenters. The van der Waals surface area contributed by atoms with Crippen molar-refractivity contribution in [3.63, 3.8) is 0 Å². The van der Waals surface area contributed by atoms with Gasteiger partial charge in [0.2, 0.25) is 0 Å². The van der Waals surface area contributed by atoms with E-state index in [2.05, 4.69) is 11.4 Å². The Morgan fingerprint density at radius 2 is 1.86 bits per heavy atom. The summed E-state index contributed by atoms with van der Waals surface area (Å²) >= 11 is 0. The Morgan fingerprint density at radius 1 is 1.11 bits per heavy atom. The minimum atomic E-state index is -0.881. The Balaban J connectivity index is 2.51. The predicted octanol–water partition coefficient (Wildman–Crippen LogP) is 3.85. The summed E-state index contributed by atoms with van der Waals surface area (Å²) in [6, 6.07) is 11.4. The van der Waals surface area contributed by atoms with E-state index in [0.29, 0.717) is 30.9 Å². The van der Waals surface area contributed by atoms with Gasteiger partial charge in [0.05, 0.1) is 13.5 Å². The van der Waals surface area contributed by atoms with E-state index in [1.54, 1.807) is 24.1 Å². The first-order valence-corrected chi connectivity index (χ1v) is 9.40. The molecule has 28 heavy (non-hydrogen) atoms. The highest BCUT2D eigenvalue weighted by molar-refractivity contribution is 5.78. The van der Waals surface area contributed by atoms with E-state index >= 15 is 0 Å². The molecule has 0 aliphatic heterocycles. The van der Waals surface area contributed by atoms with Crippen molar-refractivity contribution in [3.05, 3.63) is 53.1 Å². The van der Waals surface area contributed by atoms with Gasteiger partial charge in [-0.1, -0.05) is 29.8 Å². The number of carboxylic acids is 1. The predicted molar refractivity (Wildman–Crippen MR) is 110 cm³/mol. The van der Waals surface area contributed by atoms with Gasteiger partial charge in [0.15, 0.2) is 0 Å². The third-order valence-electron chi connectivity index (χ3n) is 4.53. The standard InChI is InChI=1S/C22H28N2O4/c1-5-23-22(27)24(6-2)14-17-11-15(3)7-9-18(17)19-12-16(13-21(25)26)8-10-20(19)28-4/h7-12H,5-6,13-14H2,1-4H3,(H,23,27)(H,25,26). The maximum Gasteiger partial charge on any atom is 0.317 e. The van der Waals surface area contributed by atoms with Crippen LogP contribution < -0.4 is 10.1 Å². The van der Waals surface area contributed by atoms with Gasteiger partial charge in [-0.25, -0.2) is 4.79 Å². The summed E-state index contributed by atoms with van der Waals surface area (Å²) in [6.45, 7) is 7.44. The molecule has 2 aromatic carbocycles. The maximum atomic E-state index is 12.3. The molecule has 0 radical (unpaired) electrons. The number of aliphatic carboxylic acids is 1. The number of urea groups is 1. The normalized spacial score (nSPS) is 10.4. The molecule has 150 valence electrons. The SMILES string of the molecule is CCNC(=O)N(CC)Cc1cc(C)ccc1-c1cc(CC(=O)O)ccc1OC. The molecule has 2 rings (SSSR count). The fraction of sp³-hybridized carbons (Fsp3) is 0.364. The zero-order valence-corrected chi connectivity index (χ0v) is 16.9. The van der Waals surface area contributed by atoms with E-state index in [1.165, 1.54) is 0 Å². The average Bonchev–Trinajstić information content (AvgIpc) is 2.66. The Morgan fingerprint density at radius 3 is 2.46 bits per heavy atom. The number of nitrogens with zero attached hydrogens (tertiary/aromatic N) is 1. The Kier molecular flexibility index (Phi) is 7.44. The van der Waals surface area contributed by atoms with E-state index in [9.17, 15) is 9.59 Å². The van der Waals surface area contributed by atoms with Crippen LogP contribution in [0.25, 0.3) is 11.1 Å². The summed E-state index contributed by atoms with van der Waals surface area (Å²) in [5.74, 6) is -0.214. The van der Waals surface area contributed by atoms with Crippen LogP contribution in [0.2, 0.25) is 0 Å². The number of methoxy groups -OCH3 is 1. The molecule has 0 atom stereocenters. The number of rotatable bonds is 8. The molecule has 2 N–H and O–H groups in total. The topological polar surface area (TPSA) is 78.9 Å². The quantitative estimate of drug-likeness (QED) is 0.725. The lowest BCUT2D eigenvalue weighted by Crippen LogP contribution is -2.39. The molecule has 0 saturated heterocycles. The average molecular weight is 384 g/mol. The molecule has 6 nitrogen and oxygen atoms in total. The van der Waals surface area contributed by atoms with E-state index in [4.69, 9.17) is 9.84 Å². The van der Waals surface area contributed by atoms with Crippen LogP contribution in [0.15, 0.2) is 36.4 Å². The van der Waals surface area contributed by atoms with E-state index in [1.807, 2.05) is 39.0 Å². The van der Waals surface area contributed by atoms with E-state index in [-0.39, 0.29) is 12.5 Å². The van der Waals surface area contributed by atoms with E-state index in [0.717, 1.165) is 22.3 Å². The van der Waals surface area contributed by atoms with E-state index < -0.39 is 5.97 Å². The number of carboxylic acid groups (broad SMARTS) is 1. The number of hydrogen-bond donors (Lipinski definition) is 2. The van der Waals surface area contributed by atoms with Crippen LogP contribution in [0.5, 0.6) is 5.75 Å². The Hall–Kier alpha value is -3.02. The monoisotopic (exact) mass is 384 g/mol. The first-order chi connectivity index (χ1) is 13.4. The minimum absolute atomic E-state index is 0.0574. The first-order valence-electron chi connectivity index (χ1n) is 9.40. The third kappa shape index (κ3) is 5.25. The molecule has 6 heteroatoms. The van der Waals surface area contributed by atoms with Crippen molar-refractivity contribution in [2.24, 2.45) is 0 Å². The minimum Gasteiger partial charge on any atom is -0.496 e. The van der Waals surface area contributed by atoms with Crippen LogP contribution in [0.1, 0.15) is 30.5 Å². The molecule has 2 amide bonds. The van der Waals surface area contributed by atoms with Crippen LogP contribution in [0, 0.1) is 6.92 Å². The van der Waals surface area contributed by atoms with Crippen molar-refractivity contribution in [2.45, 2.75) is 33.7 Å². The van der Waals surface area contributed by atoms with Gasteiger partial charge in [-0.15, -0.1) is 0 Å². The van der Waals surface area contributed by atoms with Crippen molar-refractivity contribution in [1.29, 1.82) is 0 Å². The van der Waals surface area contributed by atoms with Gasteiger partial charge in [0.25, 0.3) is 0 Å². The zero-order chi connectivity index (χ0) is 20.7. The smallest absolute Gasteiger partial charge is 0.317 e. The highest BCUT2D eigenvalue weighted by Gasteiger charge is 2.17. The highest BCUT2D eigenvalue weighted by atomic mass is 16.5. The second-order valence-electron chi connectivity index (χ2n) is 6.62. The van der Waals surface area contributed by atoms with Crippen LogP contribution in [-0.2, 0) is 17.8 Å². The summed E-state index contributed by atoms with van der Waals surface area (Å²) < 4.78 is 5.52. The molecule has 0 aromatic heterocycles. The van der Waals surface area contributed by atoms with Gasteiger partial charge < -0.3 is 20.1 Å². The number of ether oxygens (including phenoxy) is 1. The molecule has 0 spiro atoms. The highest BCUT2D eigenvalue weighted by Crippen LogP contribution is 2.34. The summed E-state index contributed by atoms with van der Waals surface area (Å²) in [4.78, 5) is 25.2. The largest absolute Gasteiger partial charge is 0.496 e. The van der Waals surface area contributed by atoms with Gasteiger partial charge in [-0.2, -0.15) is 0 Å². The molecule has 0 fully saturated rings. The van der Waals surface area contributed by atoms with Crippen molar-refractivity contribution < 1.29 is 19.4 Å². The fourth-order valence-electron chi connectivity index (χ4n) is 3.16. The third-order valence-corrected chi connectivity index (χ3v) is 4.53. The second kappa shape index (κ2) is 9.78. The number of carbonyl (C=O) groups excluding carboxylic acids is 1. The molecule has 0 bridgehead atoms. The van der Waals surface area contributed by atoms with Gasteiger partial charge >= 0.3 is 12.0 Å². The molecular formula is C22H28N2O4. The Bertz CT molecular complexity index is 848. The van der Waals surface area contributed by atoms with Gasteiger partial charge in [0.1, 0.15) is 5.75 Å². The van der Waals surface area contributed by atoms with Gasteiger partial charge in [0, 0.05) is 25.2 Å². The molecule has 0 saturated carbocycles. The molecule has 0 aliphatic carbocycles. The summed E-state index contributed by atoms with van der Waals surface area (Å²) in [5, 5.41) is 12.0. The molecule has 2 aromatic rings. The lowest BCUT2D eigenvalue weighted by molar-refractivity contribution is -0.136. The number of nitrogens with one attached hydrogen (secondary N) is 1.